The smallest absolute Gasteiger partial charge is 0.163 e. The van der Waals surface area contributed by atoms with Gasteiger partial charge >= 0.3 is 0 Å². The number of aromatic nitrogens is 3. The zero-order valence-electron chi connectivity index (χ0n) is 19.8. The molecule has 1 fully saturated rings. The van der Waals surface area contributed by atoms with Crippen molar-refractivity contribution >= 4 is 69.4 Å². The van der Waals surface area contributed by atoms with Crippen molar-refractivity contribution in [1.29, 1.82) is 0 Å². The number of halogens is 3. The van der Waals surface area contributed by atoms with Gasteiger partial charge in [-0.05, 0) is 57.2 Å². The molecule has 0 radical (unpaired) electrons. The Morgan fingerprint density at radius 3 is 2.64 bits per heavy atom. The number of methoxy groups -OCH3 is 1. The van der Waals surface area contributed by atoms with Crippen molar-refractivity contribution < 1.29 is 9.47 Å². The summed E-state index contributed by atoms with van der Waals surface area (Å²) >= 11 is 13.9. The Bertz CT molecular complexity index is 1340. The Morgan fingerprint density at radius 2 is 1.89 bits per heavy atom. The van der Waals surface area contributed by atoms with Crippen LogP contribution in [0.2, 0.25) is 10.0 Å². The molecule has 0 unspecified atom stereocenters. The fourth-order valence-corrected chi connectivity index (χ4v) is 5.40. The molecule has 11 heteroatoms. The third-order valence-corrected chi connectivity index (χ3v) is 7.91. The first kappa shape index (κ1) is 26.7. The Labute approximate surface area is 230 Å². The van der Waals surface area contributed by atoms with Crippen molar-refractivity contribution in [2.24, 2.45) is 0 Å². The highest BCUT2D eigenvalue weighted by Gasteiger charge is 2.21. The normalized spacial score (nSPS) is 14.4. The molecule has 1 N–H and O–H groups in total. The molecular formula is C25H26Cl3N5O2S. The summed E-state index contributed by atoms with van der Waals surface area (Å²) in [6.07, 6.45) is 3.81. The number of fused-ring (bicyclic) bond motifs is 1. The number of hydrogen-bond donors (Lipinski definition) is 1. The zero-order chi connectivity index (χ0) is 24.4. The van der Waals surface area contributed by atoms with Crippen LogP contribution in [0.4, 0.5) is 11.5 Å². The van der Waals surface area contributed by atoms with Crippen LogP contribution in [0.15, 0.2) is 42.0 Å². The number of piperidine rings is 1. The average molecular weight is 567 g/mol. The molecule has 0 atom stereocenters. The number of thiazole rings is 1. The standard InChI is InChI=1S/C25H25Cl2N5O2S.ClH/c1-32-7-5-15(6-8-32)25-31-17(13-35-25)12-34-23-11-21-18(10-22(23)33-2)24(29-14-28-21)30-16-3-4-19(26)20(27)9-16;/h3-4,9-11,13-15H,5-8,12H2,1-2H3,(H,28,29,30);1H. The largest absolute Gasteiger partial charge is 0.493 e. The second-order valence-electron chi connectivity index (χ2n) is 8.54. The van der Waals surface area contributed by atoms with E-state index in [0.717, 1.165) is 48.2 Å². The first-order chi connectivity index (χ1) is 17.0. The molecule has 1 aliphatic rings. The minimum atomic E-state index is 0. The van der Waals surface area contributed by atoms with E-state index in [2.05, 4.69) is 32.6 Å². The van der Waals surface area contributed by atoms with Gasteiger partial charge in [-0.3, -0.25) is 0 Å². The predicted molar refractivity (Wildman–Crippen MR) is 149 cm³/mol. The van der Waals surface area contributed by atoms with Crippen LogP contribution in [0.5, 0.6) is 11.5 Å². The lowest BCUT2D eigenvalue weighted by molar-refractivity contribution is 0.254. The minimum absolute atomic E-state index is 0. The first-order valence-electron chi connectivity index (χ1n) is 11.3. The number of benzene rings is 2. The first-order valence-corrected chi connectivity index (χ1v) is 12.9. The van der Waals surface area contributed by atoms with Gasteiger partial charge in [-0.1, -0.05) is 23.2 Å². The van der Waals surface area contributed by atoms with Crippen molar-refractivity contribution in [3.63, 3.8) is 0 Å². The van der Waals surface area contributed by atoms with Crippen molar-refractivity contribution in [2.75, 3.05) is 32.6 Å². The van der Waals surface area contributed by atoms with Crippen LogP contribution in [0, 0.1) is 0 Å². The maximum atomic E-state index is 6.16. The van der Waals surface area contributed by atoms with E-state index in [1.807, 2.05) is 18.2 Å². The van der Waals surface area contributed by atoms with E-state index in [1.165, 1.54) is 11.3 Å². The molecule has 1 saturated heterocycles. The molecule has 0 amide bonds. The number of rotatable bonds is 7. The van der Waals surface area contributed by atoms with E-state index in [1.54, 1.807) is 30.6 Å². The van der Waals surface area contributed by atoms with Gasteiger partial charge in [0, 0.05) is 28.4 Å². The lowest BCUT2D eigenvalue weighted by Gasteiger charge is -2.27. The summed E-state index contributed by atoms with van der Waals surface area (Å²) in [5.74, 6) is 2.36. The van der Waals surface area contributed by atoms with Gasteiger partial charge in [-0.2, -0.15) is 0 Å². The van der Waals surface area contributed by atoms with Crippen molar-refractivity contribution in [1.82, 2.24) is 19.9 Å². The number of likely N-dealkylation sites (tertiary alicyclic amines) is 1. The summed E-state index contributed by atoms with van der Waals surface area (Å²) in [6, 6.07) is 9.05. The molecule has 0 spiro atoms. The fourth-order valence-electron chi connectivity index (χ4n) is 4.13. The van der Waals surface area contributed by atoms with E-state index in [4.69, 9.17) is 37.7 Å². The predicted octanol–water partition coefficient (Wildman–Crippen LogP) is 6.96. The third-order valence-electron chi connectivity index (χ3n) is 6.12. The van der Waals surface area contributed by atoms with Gasteiger partial charge in [-0.15, -0.1) is 23.7 Å². The van der Waals surface area contributed by atoms with Gasteiger partial charge in [0.25, 0.3) is 0 Å². The third kappa shape index (κ3) is 5.95. The lowest BCUT2D eigenvalue weighted by Crippen LogP contribution is -2.29. The second-order valence-corrected chi connectivity index (χ2v) is 10.2. The minimum Gasteiger partial charge on any atom is -0.493 e. The monoisotopic (exact) mass is 565 g/mol. The number of hydrogen-bond acceptors (Lipinski definition) is 8. The fraction of sp³-hybridized carbons (Fsp3) is 0.320. The van der Waals surface area contributed by atoms with Crippen LogP contribution in [-0.4, -0.2) is 47.1 Å². The van der Waals surface area contributed by atoms with Crippen LogP contribution in [-0.2, 0) is 6.61 Å². The Kier molecular flexibility index (Phi) is 8.74. The maximum Gasteiger partial charge on any atom is 0.163 e. The van der Waals surface area contributed by atoms with Crippen LogP contribution < -0.4 is 14.8 Å². The Morgan fingerprint density at radius 1 is 1.08 bits per heavy atom. The van der Waals surface area contributed by atoms with E-state index in [0.29, 0.717) is 39.9 Å². The molecule has 0 bridgehead atoms. The van der Waals surface area contributed by atoms with Gasteiger partial charge in [0.05, 0.1) is 33.4 Å². The summed E-state index contributed by atoms with van der Waals surface area (Å²) in [7, 11) is 3.79. The Balaban J connectivity index is 0.00000304. The molecule has 2 aromatic heterocycles. The van der Waals surface area contributed by atoms with E-state index >= 15 is 0 Å². The highest BCUT2D eigenvalue weighted by atomic mass is 35.5. The summed E-state index contributed by atoms with van der Waals surface area (Å²) in [4.78, 5) is 16.0. The number of ether oxygens (including phenoxy) is 2. The Hall–Kier alpha value is -2.36. The molecule has 36 heavy (non-hydrogen) atoms. The summed E-state index contributed by atoms with van der Waals surface area (Å²) in [5, 5.41) is 8.31. The molecule has 4 aromatic rings. The average Bonchev–Trinajstić information content (AvgIpc) is 3.34. The SMILES string of the molecule is COc1cc2c(Nc3ccc(Cl)c(Cl)c3)ncnc2cc1OCc1csc(C2CCN(C)CC2)n1.Cl. The summed E-state index contributed by atoms with van der Waals surface area (Å²) in [6.45, 7) is 2.60. The molecular weight excluding hydrogens is 541 g/mol. The molecule has 5 rings (SSSR count). The molecule has 7 nitrogen and oxygen atoms in total. The van der Waals surface area contributed by atoms with E-state index in [9.17, 15) is 0 Å². The molecule has 0 saturated carbocycles. The summed E-state index contributed by atoms with van der Waals surface area (Å²) < 4.78 is 11.7. The molecule has 3 heterocycles. The molecule has 2 aromatic carbocycles. The van der Waals surface area contributed by atoms with Gasteiger partial charge in [0.15, 0.2) is 11.5 Å². The van der Waals surface area contributed by atoms with Crippen LogP contribution in [0.3, 0.4) is 0 Å². The molecule has 1 aliphatic heterocycles. The number of nitrogens with one attached hydrogen (secondary N) is 1. The van der Waals surface area contributed by atoms with Crippen LogP contribution >= 0.6 is 46.9 Å². The van der Waals surface area contributed by atoms with Gasteiger partial charge in [0.2, 0.25) is 0 Å². The van der Waals surface area contributed by atoms with Crippen molar-refractivity contribution in [2.45, 2.75) is 25.4 Å². The number of nitrogens with zero attached hydrogens (tertiary/aromatic N) is 4. The zero-order valence-corrected chi connectivity index (χ0v) is 23.0. The van der Waals surface area contributed by atoms with Crippen molar-refractivity contribution in [3.8, 4) is 11.5 Å². The van der Waals surface area contributed by atoms with Gasteiger partial charge < -0.3 is 19.7 Å². The van der Waals surface area contributed by atoms with Gasteiger partial charge in [0.1, 0.15) is 18.8 Å². The maximum absolute atomic E-state index is 6.16. The molecule has 0 aliphatic carbocycles. The lowest BCUT2D eigenvalue weighted by atomic mass is 9.98. The van der Waals surface area contributed by atoms with Crippen LogP contribution in [0.1, 0.15) is 29.5 Å². The molecule has 190 valence electrons. The number of anilines is 2. The second kappa shape index (κ2) is 11.8. The summed E-state index contributed by atoms with van der Waals surface area (Å²) in [5.41, 5.74) is 2.42. The highest BCUT2D eigenvalue weighted by molar-refractivity contribution is 7.09. The van der Waals surface area contributed by atoms with E-state index < -0.39 is 0 Å². The quantitative estimate of drug-likeness (QED) is 0.259. The van der Waals surface area contributed by atoms with Gasteiger partial charge in [-0.25, -0.2) is 15.0 Å². The van der Waals surface area contributed by atoms with Crippen molar-refractivity contribution in [3.05, 3.63) is 62.8 Å². The highest BCUT2D eigenvalue weighted by Crippen LogP contribution is 2.36. The van der Waals surface area contributed by atoms with Crippen LogP contribution in [0.25, 0.3) is 10.9 Å². The topological polar surface area (TPSA) is 72.4 Å². The van der Waals surface area contributed by atoms with E-state index in [-0.39, 0.29) is 12.4 Å².